The molecule has 1 saturated heterocycles. The summed E-state index contributed by atoms with van der Waals surface area (Å²) in [7, 11) is 3.21. The van der Waals surface area contributed by atoms with Crippen molar-refractivity contribution in [2.24, 2.45) is 0 Å². The van der Waals surface area contributed by atoms with Crippen LogP contribution in [-0.2, 0) is 11.3 Å². The highest BCUT2D eigenvalue weighted by Crippen LogP contribution is 2.18. The van der Waals surface area contributed by atoms with E-state index in [9.17, 15) is 9.59 Å². The molecule has 0 aromatic heterocycles. The number of carbonyl (C=O) groups is 2. The number of piperazine rings is 1. The maximum Gasteiger partial charge on any atom is 0.321 e. The van der Waals surface area contributed by atoms with Crippen LogP contribution in [0.1, 0.15) is 18.1 Å². The molecule has 0 radical (unpaired) electrons. The average Bonchev–Trinajstić information content (AvgIpc) is 2.61. The minimum Gasteiger partial charge on any atom is -0.496 e. The quantitative estimate of drug-likeness (QED) is 0.503. The molecule has 138 valence electrons. The molecule has 1 fully saturated rings. The molecule has 7 nitrogen and oxygen atoms in total. The Morgan fingerprint density at radius 2 is 1.92 bits per heavy atom. The number of amides is 3. The van der Waals surface area contributed by atoms with E-state index in [1.165, 1.54) is 28.0 Å². The lowest BCUT2D eigenvalue weighted by Crippen LogP contribution is -3.29. The minimum absolute atomic E-state index is 0.224. The Kier molecular flexibility index (Phi) is 6.78. The lowest BCUT2D eigenvalue weighted by molar-refractivity contribution is -1.02. The second-order valence-corrected chi connectivity index (χ2v) is 6.69. The van der Waals surface area contributed by atoms with Crippen LogP contribution in [0.4, 0.5) is 4.79 Å². The Labute approximate surface area is 149 Å². The molecule has 4 N–H and O–H groups in total. The summed E-state index contributed by atoms with van der Waals surface area (Å²) in [5.41, 5.74) is 2.46. The topological polar surface area (TPSA) is 76.3 Å². The molecule has 1 aromatic carbocycles. The van der Waals surface area contributed by atoms with Crippen LogP contribution < -0.4 is 25.2 Å². The fourth-order valence-electron chi connectivity index (χ4n) is 3.32. The lowest BCUT2D eigenvalue weighted by Gasteiger charge is -2.32. The van der Waals surface area contributed by atoms with E-state index >= 15 is 0 Å². The van der Waals surface area contributed by atoms with E-state index in [0.717, 1.165) is 38.5 Å². The summed E-state index contributed by atoms with van der Waals surface area (Å²) in [6.07, 6.45) is 0. The van der Waals surface area contributed by atoms with Crippen molar-refractivity contribution in [3.8, 4) is 5.75 Å². The Bertz CT molecular complexity index is 612. The Hall–Kier alpha value is -2.12. The molecule has 7 heteroatoms. The number of methoxy groups -OCH3 is 1. The normalized spacial score (nSPS) is 21.3. The van der Waals surface area contributed by atoms with Crippen LogP contribution in [-0.4, -0.2) is 58.3 Å². The van der Waals surface area contributed by atoms with Gasteiger partial charge in [-0.1, -0.05) is 11.6 Å². The zero-order valence-electron chi connectivity index (χ0n) is 15.6. The van der Waals surface area contributed by atoms with Crippen molar-refractivity contribution in [2.45, 2.75) is 26.4 Å². The van der Waals surface area contributed by atoms with Crippen LogP contribution in [0.5, 0.6) is 5.75 Å². The Morgan fingerprint density at radius 1 is 1.24 bits per heavy atom. The van der Waals surface area contributed by atoms with Crippen molar-refractivity contribution >= 4 is 11.9 Å². The monoisotopic (exact) mass is 350 g/mol. The molecule has 0 aliphatic carbocycles. The molecular weight excluding hydrogens is 320 g/mol. The van der Waals surface area contributed by atoms with E-state index in [1.807, 2.05) is 13.0 Å². The summed E-state index contributed by atoms with van der Waals surface area (Å²) in [4.78, 5) is 26.1. The number of hydrogen-bond acceptors (Lipinski definition) is 3. The highest BCUT2D eigenvalue weighted by atomic mass is 16.5. The molecule has 3 amide bonds. The summed E-state index contributed by atoms with van der Waals surface area (Å²) in [6.45, 7) is 8.69. The third-order valence-corrected chi connectivity index (χ3v) is 4.95. The van der Waals surface area contributed by atoms with Crippen LogP contribution in [0.15, 0.2) is 18.2 Å². The van der Waals surface area contributed by atoms with Gasteiger partial charge in [-0.05, 0) is 26.0 Å². The predicted octanol–water partition coefficient (Wildman–Crippen LogP) is -1.87. The minimum atomic E-state index is -0.452. The molecule has 0 spiro atoms. The number of rotatable bonds is 5. The third-order valence-electron chi connectivity index (χ3n) is 4.95. The van der Waals surface area contributed by atoms with Crippen molar-refractivity contribution in [3.05, 3.63) is 29.3 Å². The van der Waals surface area contributed by atoms with Gasteiger partial charge in [-0.3, -0.25) is 10.1 Å². The average molecular weight is 350 g/mol. The number of hydrogen-bond donors (Lipinski definition) is 4. The summed E-state index contributed by atoms with van der Waals surface area (Å²) in [5.74, 6) is 0.712. The van der Waals surface area contributed by atoms with Crippen LogP contribution in [0, 0.1) is 6.92 Å². The van der Waals surface area contributed by atoms with E-state index in [-0.39, 0.29) is 11.9 Å². The van der Waals surface area contributed by atoms with Crippen molar-refractivity contribution in [2.75, 3.05) is 40.3 Å². The predicted molar refractivity (Wildman–Crippen MR) is 94.9 cm³/mol. The molecule has 0 bridgehead atoms. The van der Waals surface area contributed by atoms with Gasteiger partial charge in [0.15, 0.2) is 6.04 Å². The molecule has 1 aliphatic rings. The second-order valence-electron chi connectivity index (χ2n) is 6.69. The molecule has 0 saturated carbocycles. The number of aryl methyl sites for hydroxylation is 1. The van der Waals surface area contributed by atoms with Gasteiger partial charge in [-0.25, -0.2) is 4.79 Å². The zero-order valence-corrected chi connectivity index (χ0v) is 15.6. The van der Waals surface area contributed by atoms with Crippen LogP contribution in [0.3, 0.4) is 0 Å². The highest BCUT2D eigenvalue weighted by molar-refractivity contribution is 5.96. The smallest absolute Gasteiger partial charge is 0.321 e. The van der Waals surface area contributed by atoms with E-state index < -0.39 is 6.03 Å². The molecule has 25 heavy (non-hydrogen) atoms. The van der Waals surface area contributed by atoms with Crippen molar-refractivity contribution < 1.29 is 24.1 Å². The molecule has 1 aromatic rings. The van der Waals surface area contributed by atoms with Gasteiger partial charge in [-0.2, -0.15) is 0 Å². The number of nitrogens with one attached hydrogen (secondary N) is 4. The highest BCUT2D eigenvalue weighted by Gasteiger charge is 2.31. The molecular formula is C18H30N4O3+2. The fraction of sp³-hybridized carbons (Fsp3) is 0.556. The molecule has 1 atom stereocenters. The number of ether oxygens (including phenoxy) is 1. The molecule has 2 rings (SSSR count). The van der Waals surface area contributed by atoms with Crippen molar-refractivity contribution in [1.82, 2.24) is 10.6 Å². The van der Waals surface area contributed by atoms with Gasteiger partial charge in [0.05, 0.1) is 7.11 Å². The SMILES string of the molecule is CNC(=O)NC(=O)[C@H](C)[NH+]1CC[NH+](Cc2cc(C)ccc2OC)CC1. The summed E-state index contributed by atoms with van der Waals surface area (Å²) >= 11 is 0. The number of carbonyl (C=O) groups excluding carboxylic acids is 2. The molecule has 1 aliphatic heterocycles. The number of quaternary nitrogens is 2. The summed E-state index contributed by atoms with van der Waals surface area (Å²) in [6, 6.07) is 5.59. The summed E-state index contributed by atoms with van der Waals surface area (Å²) < 4.78 is 5.47. The van der Waals surface area contributed by atoms with E-state index in [2.05, 4.69) is 29.7 Å². The fourth-order valence-corrected chi connectivity index (χ4v) is 3.32. The molecule has 0 unspecified atom stereocenters. The maximum absolute atomic E-state index is 12.1. The number of urea groups is 1. The first-order valence-electron chi connectivity index (χ1n) is 8.78. The van der Waals surface area contributed by atoms with Crippen LogP contribution in [0.25, 0.3) is 0 Å². The van der Waals surface area contributed by atoms with Crippen molar-refractivity contribution in [3.63, 3.8) is 0 Å². The van der Waals surface area contributed by atoms with Gasteiger partial charge in [0, 0.05) is 12.6 Å². The number of imide groups is 1. The van der Waals surface area contributed by atoms with Gasteiger partial charge >= 0.3 is 6.03 Å². The maximum atomic E-state index is 12.1. The van der Waals surface area contributed by atoms with E-state index in [0.29, 0.717) is 0 Å². The van der Waals surface area contributed by atoms with Crippen LogP contribution >= 0.6 is 0 Å². The standard InChI is InChI=1S/C18H28N4O3/c1-13-5-6-16(25-4)15(11-13)12-21-7-9-22(10-8-21)14(2)17(23)20-18(24)19-3/h5-6,11,14H,7-10,12H2,1-4H3,(H2,19,20,23,24)/p+2/t14-/m0/s1. The van der Waals surface area contributed by atoms with Crippen molar-refractivity contribution in [1.29, 1.82) is 0 Å². The molecule has 1 heterocycles. The zero-order chi connectivity index (χ0) is 18.4. The second kappa shape index (κ2) is 8.82. The van der Waals surface area contributed by atoms with E-state index in [4.69, 9.17) is 4.74 Å². The van der Waals surface area contributed by atoms with Gasteiger partial charge in [0.25, 0.3) is 5.91 Å². The first-order chi connectivity index (χ1) is 11.9. The number of benzene rings is 1. The Morgan fingerprint density at radius 3 is 2.52 bits per heavy atom. The van der Waals surface area contributed by atoms with Gasteiger partial charge < -0.3 is 19.9 Å². The van der Waals surface area contributed by atoms with Gasteiger partial charge in [0.2, 0.25) is 0 Å². The van der Waals surface area contributed by atoms with Gasteiger partial charge in [0.1, 0.15) is 38.5 Å². The lowest BCUT2D eigenvalue weighted by atomic mass is 10.1. The summed E-state index contributed by atoms with van der Waals surface area (Å²) in [5, 5.41) is 4.77. The van der Waals surface area contributed by atoms with Gasteiger partial charge in [-0.15, -0.1) is 0 Å². The first-order valence-corrected chi connectivity index (χ1v) is 8.78. The first kappa shape index (κ1) is 19.2. The largest absolute Gasteiger partial charge is 0.496 e. The Balaban J connectivity index is 1.88. The van der Waals surface area contributed by atoms with E-state index in [1.54, 1.807) is 7.11 Å². The van der Waals surface area contributed by atoms with Crippen LogP contribution in [0.2, 0.25) is 0 Å². The third kappa shape index (κ3) is 5.17.